The van der Waals surface area contributed by atoms with Gasteiger partial charge in [0.2, 0.25) is 0 Å². The number of halogens is 1. The number of pyridine rings is 1. The standard InChI is InChI=1S/C17H26BrN3O2/c1-12-9-14(20-11-15-6-5-13(18)10-19-15)7-8-21(12)16(22)23-17(2,3)4/h5-6,10,12,14,20H,7-9,11H2,1-4H3. The minimum atomic E-state index is -0.445. The third-order valence-corrected chi connectivity index (χ3v) is 4.33. The maximum Gasteiger partial charge on any atom is 0.410 e. The summed E-state index contributed by atoms with van der Waals surface area (Å²) in [4.78, 5) is 18.4. The number of carbonyl (C=O) groups is 1. The van der Waals surface area contributed by atoms with Crippen molar-refractivity contribution in [3.63, 3.8) is 0 Å². The van der Waals surface area contributed by atoms with E-state index in [0.29, 0.717) is 6.04 Å². The molecule has 1 aromatic heterocycles. The molecule has 0 radical (unpaired) electrons. The van der Waals surface area contributed by atoms with E-state index in [1.165, 1.54) is 0 Å². The molecular formula is C17H26BrN3O2. The number of piperidine rings is 1. The van der Waals surface area contributed by atoms with Gasteiger partial charge in [-0.1, -0.05) is 0 Å². The third kappa shape index (κ3) is 5.77. The summed E-state index contributed by atoms with van der Waals surface area (Å²) in [7, 11) is 0. The first kappa shape index (κ1) is 18.2. The Balaban J connectivity index is 1.81. The van der Waals surface area contributed by atoms with Gasteiger partial charge in [-0.3, -0.25) is 4.98 Å². The summed E-state index contributed by atoms with van der Waals surface area (Å²) in [5, 5.41) is 3.54. The summed E-state index contributed by atoms with van der Waals surface area (Å²) in [6.45, 7) is 9.24. The lowest BCUT2D eigenvalue weighted by molar-refractivity contribution is 0.00931. The van der Waals surface area contributed by atoms with Crippen molar-refractivity contribution in [1.82, 2.24) is 15.2 Å². The van der Waals surface area contributed by atoms with Crippen LogP contribution < -0.4 is 5.32 Å². The smallest absolute Gasteiger partial charge is 0.410 e. The molecule has 2 heterocycles. The van der Waals surface area contributed by atoms with E-state index in [2.05, 4.69) is 33.2 Å². The zero-order valence-electron chi connectivity index (χ0n) is 14.3. The van der Waals surface area contributed by atoms with Gasteiger partial charge in [0.05, 0.1) is 5.69 Å². The van der Waals surface area contributed by atoms with Crippen LogP contribution in [0.4, 0.5) is 4.79 Å². The molecule has 0 bridgehead atoms. The highest BCUT2D eigenvalue weighted by atomic mass is 79.9. The van der Waals surface area contributed by atoms with Crippen molar-refractivity contribution in [2.45, 2.75) is 64.8 Å². The first-order valence-electron chi connectivity index (χ1n) is 8.08. The zero-order chi connectivity index (χ0) is 17.0. The van der Waals surface area contributed by atoms with E-state index in [4.69, 9.17) is 4.74 Å². The fraction of sp³-hybridized carbons (Fsp3) is 0.647. The topological polar surface area (TPSA) is 54.5 Å². The Morgan fingerprint density at radius 2 is 2.22 bits per heavy atom. The summed E-state index contributed by atoms with van der Waals surface area (Å²) in [5.41, 5.74) is 0.578. The van der Waals surface area contributed by atoms with Crippen molar-refractivity contribution in [1.29, 1.82) is 0 Å². The van der Waals surface area contributed by atoms with Gasteiger partial charge < -0.3 is 15.0 Å². The van der Waals surface area contributed by atoms with Gasteiger partial charge >= 0.3 is 6.09 Å². The summed E-state index contributed by atoms with van der Waals surface area (Å²) in [6, 6.07) is 4.58. The number of ether oxygens (including phenoxy) is 1. The van der Waals surface area contributed by atoms with Gasteiger partial charge in [-0.05, 0) is 68.6 Å². The van der Waals surface area contributed by atoms with Crippen LogP contribution in [0.5, 0.6) is 0 Å². The number of amides is 1. The molecule has 0 spiro atoms. The Hall–Kier alpha value is -1.14. The van der Waals surface area contributed by atoms with E-state index < -0.39 is 5.60 Å². The lowest BCUT2D eigenvalue weighted by atomic mass is 9.98. The molecule has 23 heavy (non-hydrogen) atoms. The van der Waals surface area contributed by atoms with Crippen molar-refractivity contribution in [3.8, 4) is 0 Å². The summed E-state index contributed by atoms with van der Waals surface area (Å²) >= 11 is 3.39. The minimum Gasteiger partial charge on any atom is -0.444 e. The van der Waals surface area contributed by atoms with Crippen LogP contribution in [0.2, 0.25) is 0 Å². The molecule has 128 valence electrons. The molecule has 5 nitrogen and oxygen atoms in total. The van der Waals surface area contributed by atoms with Crippen LogP contribution in [0.3, 0.4) is 0 Å². The highest BCUT2D eigenvalue weighted by Crippen LogP contribution is 2.21. The second kappa shape index (κ2) is 7.62. The van der Waals surface area contributed by atoms with Gasteiger partial charge in [-0.15, -0.1) is 0 Å². The van der Waals surface area contributed by atoms with Gasteiger partial charge in [0.25, 0.3) is 0 Å². The van der Waals surface area contributed by atoms with Crippen molar-refractivity contribution < 1.29 is 9.53 Å². The normalized spacial score (nSPS) is 22.0. The number of nitrogens with zero attached hydrogens (tertiary/aromatic N) is 2. The third-order valence-electron chi connectivity index (χ3n) is 3.86. The average molecular weight is 384 g/mol. The molecule has 0 aliphatic carbocycles. The Bertz CT molecular complexity index is 528. The molecule has 0 saturated carbocycles. The van der Waals surface area contributed by atoms with Crippen molar-refractivity contribution in [2.75, 3.05) is 6.54 Å². The van der Waals surface area contributed by atoms with Crippen LogP contribution in [-0.2, 0) is 11.3 Å². The largest absolute Gasteiger partial charge is 0.444 e. The minimum absolute atomic E-state index is 0.175. The van der Waals surface area contributed by atoms with Crippen molar-refractivity contribution in [3.05, 3.63) is 28.5 Å². The number of hydrogen-bond donors (Lipinski definition) is 1. The van der Waals surface area contributed by atoms with E-state index >= 15 is 0 Å². The summed E-state index contributed by atoms with van der Waals surface area (Å²) in [5.74, 6) is 0. The fourth-order valence-corrected chi connectivity index (χ4v) is 2.94. The molecule has 1 N–H and O–H groups in total. The quantitative estimate of drug-likeness (QED) is 0.863. The first-order valence-corrected chi connectivity index (χ1v) is 8.87. The van der Waals surface area contributed by atoms with Crippen molar-refractivity contribution >= 4 is 22.0 Å². The molecule has 1 fully saturated rings. The number of aromatic nitrogens is 1. The molecule has 1 aliphatic rings. The van der Waals surface area contributed by atoms with Gasteiger partial charge in [-0.2, -0.15) is 0 Å². The Labute approximate surface area is 146 Å². The number of likely N-dealkylation sites (tertiary alicyclic amines) is 1. The highest BCUT2D eigenvalue weighted by molar-refractivity contribution is 9.10. The lowest BCUT2D eigenvalue weighted by Gasteiger charge is -2.38. The monoisotopic (exact) mass is 383 g/mol. The van der Waals surface area contributed by atoms with Gasteiger partial charge in [0, 0.05) is 35.8 Å². The Morgan fingerprint density at radius 3 is 2.78 bits per heavy atom. The summed E-state index contributed by atoms with van der Waals surface area (Å²) in [6.07, 6.45) is 3.46. The lowest BCUT2D eigenvalue weighted by Crippen LogP contribution is -2.50. The van der Waals surface area contributed by atoms with Gasteiger partial charge in [-0.25, -0.2) is 4.79 Å². The van der Waals surface area contributed by atoms with Gasteiger partial charge in [0.15, 0.2) is 0 Å². The van der Waals surface area contributed by atoms with Crippen molar-refractivity contribution in [2.24, 2.45) is 0 Å². The van der Waals surface area contributed by atoms with Crippen LogP contribution in [-0.4, -0.2) is 40.2 Å². The second-order valence-electron chi connectivity index (χ2n) is 7.09. The maximum atomic E-state index is 12.2. The molecule has 1 aromatic rings. The first-order chi connectivity index (χ1) is 10.7. The van der Waals surface area contributed by atoms with Crippen LogP contribution in [0.25, 0.3) is 0 Å². The van der Waals surface area contributed by atoms with E-state index in [-0.39, 0.29) is 12.1 Å². The second-order valence-corrected chi connectivity index (χ2v) is 8.01. The number of rotatable bonds is 3. The number of carbonyl (C=O) groups excluding carboxylic acids is 1. The van der Waals surface area contributed by atoms with E-state index in [1.54, 1.807) is 0 Å². The van der Waals surface area contributed by atoms with Crippen LogP contribution in [0, 0.1) is 0 Å². The van der Waals surface area contributed by atoms with Crippen LogP contribution >= 0.6 is 15.9 Å². The number of hydrogen-bond acceptors (Lipinski definition) is 4. The molecule has 1 amide bonds. The van der Waals surface area contributed by atoms with Gasteiger partial charge in [0.1, 0.15) is 5.60 Å². The zero-order valence-corrected chi connectivity index (χ0v) is 15.9. The number of nitrogens with one attached hydrogen (secondary N) is 1. The molecule has 1 aliphatic heterocycles. The predicted molar refractivity (Wildman–Crippen MR) is 94.2 cm³/mol. The molecule has 0 aromatic carbocycles. The molecule has 2 atom stereocenters. The molecule has 6 heteroatoms. The predicted octanol–water partition coefficient (Wildman–Crippen LogP) is 3.72. The Kier molecular flexibility index (Phi) is 6.03. The van der Waals surface area contributed by atoms with Crippen LogP contribution in [0.1, 0.15) is 46.2 Å². The highest BCUT2D eigenvalue weighted by Gasteiger charge is 2.31. The molecule has 2 rings (SSSR count). The SMILES string of the molecule is CC1CC(NCc2ccc(Br)cn2)CCN1C(=O)OC(C)(C)C. The Morgan fingerprint density at radius 1 is 1.48 bits per heavy atom. The maximum absolute atomic E-state index is 12.2. The average Bonchev–Trinajstić information content (AvgIpc) is 2.45. The fourth-order valence-electron chi connectivity index (χ4n) is 2.71. The summed E-state index contributed by atoms with van der Waals surface area (Å²) < 4.78 is 6.46. The molecular weight excluding hydrogens is 358 g/mol. The van der Waals surface area contributed by atoms with E-state index in [0.717, 1.165) is 36.1 Å². The van der Waals surface area contributed by atoms with E-state index in [1.807, 2.05) is 44.0 Å². The van der Waals surface area contributed by atoms with E-state index in [9.17, 15) is 4.79 Å². The molecule has 1 saturated heterocycles. The van der Waals surface area contributed by atoms with Crippen LogP contribution in [0.15, 0.2) is 22.8 Å². The molecule has 2 unspecified atom stereocenters.